The number of ether oxygens (including phenoxy) is 1. The van der Waals surface area contributed by atoms with Crippen molar-refractivity contribution in [3.63, 3.8) is 0 Å². The molecule has 1 aromatic carbocycles. The van der Waals surface area contributed by atoms with E-state index in [2.05, 4.69) is 31.1 Å². The van der Waals surface area contributed by atoms with Gasteiger partial charge >= 0.3 is 0 Å². The van der Waals surface area contributed by atoms with Crippen LogP contribution in [0.1, 0.15) is 42.3 Å². The first kappa shape index (κ1) is 12.7. The second-order valence-corrected chi connectivity index (χ2v) is 4.82. The van der Waals surface area contributed by atoms with Crippen LogP contribution in [0.2, 0.25) is 0 Å². The summed E-state index contributed by atoms with van der Waals surface area (Å²) < 4.78 is 10.9. The van der Waals surface area contributed by atoms with Gasteiger partial charge in [-0.25, -0.2) is 0 Å². The van der Waals surface area contributed by atoms with E-state index in [0.717, 1.165) is 22.8 Å². The van der Waals surface area contributed by atoms with Crippen molar-refractivity contribution in [1.82, 2.24) is 5.16 Å². The summed E-state index contributed by atoms with van der Waals surface area (Å²) in [6.45, 7) is 8.69. The number of aryl methyl sites for hydroxylation is 2. The Morgan fingerprint density at radius 2 is 1.83 bits per heavy atom. The zero-order valence-electron chi connectivity index (χ0n) is 11.4. The monoisotopic (exact) mass is 245 g/mol. The Kier molecular flexibility index (Phi) is 3.70. The maximum absolute atomic E-state index is 5.75. The highest BCUT2D eigenvalue weighted by Gasteiger charge is 2.09. The fraction of sp³-hybridized carbons (Fsp3) is 0.400. The van der Waals surface area contributed by atoms with Crippen LogP contribution in [0, 0.1) is 13.8 Å². The minimum absolute atomic E-state index is 0.502. The van der Waals surface area contributed by atoms with Crippen molar-refractivity contribution in [2.75, 3.05) is 0 Å². The van der Waals surface area contributed by atoms with Gasteiger partial charge in [0.25, 0.3) is 0 Å². The summed E-state index contributed by atoms with van der Waals surface area (Å²) in [5, 5.41) is 3.91. The lowest BCUT2D eigenvalue weighted by Crippen LogP contribution is -1.98. The van der Waals surface area contributed by atoms with Crippen molar-refractivity contribution in [3.05, 3.63) is 46.8 Å². The predicted octanol–water partition coefficient (Wildman–Crippen LogP) is 3.99. The van der Waals surface area contributed by atoms with Gasteiger partial charge in [0.15, 0.2) is 0 Å². The fourth-order valence-electron chi connectivity index (χ4n) is 1.81. The van der Waals surface area contributed by atoms with Crippen molar-refractivity contribution in [3.8, 4) is 5.75 Å². The average molecular weight is 245 g/mol. The number of benzene rings is 1. The summed E-state index contributed by atoms with van der Waals surface area (Å²) in [4.78, 5) is 0. The van der Waals surface area contributed by atoms with E-state index in [1.807, 2.05) is 26.0 Å². The molecule has 0 fully saturated rings. The van der Waals surface area contributed by atoms with Gasteiger partial charge in [0.2, 0.25) is 0 Å². The van der Waals surface area contributed by atoms with Crippen molar-refractivity contribution >= 4 is 0 Å². The number of rotatable bonds is 4. The van der Waals surface area contributed by atoms with Crippen LogP contribution in [0.3, 0.4) is 0 Å². The summed E-state index contributed by atoms with van der Waals surface area (Å²) in [6, 6.07) is 8.22. The SMILES string of the molecule is Cc1noc(C)c1COc1ccc(C(C)C)cc1. The molecule has 2 aromatic rings. The van der Waals surface area contributed by atoms with Gasteiger partial charge in [0.05, 0.1) is 11.3 Å². The Morgan fingerprint density at radius 1 is 1.17 bits per heavy atom. The topological polar surface area (TPSA) is 35.3 Å². The third-order valence-corrected chi connectivity index (χ3v) is 3.11. The maximum atomic E-state index is 5.75. The van der Waals surface area contributed by atoms with E-state index in [-0.39, 0.29) is 0 Å². The van der Waals surface area contributed by atoms with Gasteiger partial charge in [-0.15, -0.1) is 0 Å². The van der Waals surface area contributed by atoms with E-state index >= 15 is 0 Å². The van der Waals surface area contributed by atoms with Gasteiger partial charge in [0, 0.05) is 0 Å². The summed E-state index contributed by atoms with van der Waals surface area (Å²) in [6.07, 6.45) is 0. The van der Waals surface area contributed by atoms with E-state index in [1.165, 1.54) is 5.56 Å². The first-order valence-electron chi connectivity index (χ1n) is 6.22. The molecule has 18 heavy (non-hydrogen) atoms. The first-order chi connectivity index (χ1) is 8.58. The molecule has 0 unspecified atom stereocenters. The van der Waals surface area contributed by atoms with Crippen molar-refractivity contribution < 1.29 is 9.26 Å². The van der Waals surface area contributed by atoms with Crippen LogP contribution in [0.15, 0.2) is 28.8 Å². The Bertz CT molecular complexity index is 492. The Hall–Kier alpha value is -1.77. The summed E-state index contributed by atoms with van der Waals surface area (Å²) >= 11 is 0. The highest BCUT2D eigenvalue weighted by Crippen LogP contribution is 2.20. The molecule has 0 spiro atoms. The lowest BCUT2D eigenvalue weighted by molar-refractivity contribution is 0.301. The van der Waals surface area contributed by atoms with Crippen LogP contribution in [0.5, 0.6) is 5.75 Å². The number of hydrogen-bond acceptors (Lipinski definition) is 3. The van der Waals surface area contributed by atoms with E-state index in [1.54, 1.807) is 0 Å². The molecule has 0 aliphatic rings. The number of aromatic nitrogens is 1. The van der Waals surface area contributed by atoms with Crippen LogP contribution in [-0.4, -0.2) is 5.16 Å². The van der Waals surface area contributed by atoms with Gasteiger partial charge in [-0.2, -0.15) is 0 Å². The summed E-state index contributed by atoms with van der Waals surface area (Å²) in [7, 11) is 0. The number of nitrogens with zero attached hydrogens (tertiary/aromatic N) is 1. The van der Waals surface area contributed by atoms with Crippen LogP contribution >= 0.6 is 0 Å². The molecular formula is C15H19NO2. The minimum Gasteiger partial charge on any atom is -0.489 e. The smallest absolute Gasteiger partial charge is 0.140 e. The van der Waals surface area contributed by atoms with Gasteiger partial charge in [-0.1, -0.05) is 31.1 Å². The molecule has 0 N–H and O–H groups in total. The first-order valence-corrected chi connectivity index (χ1v) is 6.22. The fourth-order valence-corrected chi connectivity index (χ4v) is 1.81. The lowest BCUT2D eigenvalue weighted by atomic mass is 10.0. The second-order valence-electron chi connectivity index (χ2n) is 4.82. The molecule has 1 aromatic heterocycles. The van der Waals surface area contributed by atoms with E-state index in [9.17, 15) is 0 Å². The van der Waals surface area contributed by atoms with Crippen molar-refractivity contribution in [2.24, 2.45) is 0 Å². The molecule has 0 atom stereocenters. The molecule has 3 heteroatoms. The lowest BCUT2D eigenvalue weighted by Gasteiger charge is -2.08. The third-order valence-electron chi connectivity index (χ3n) is 3.11. The Balaban J connectivity index is 2.02. The van der Waals surface area contributed by atoms with Crippen LogP contribution in [0.25, 0.3) is 0 Å². The molecule has 0 amide bonds. The second kappa shape index (κ2) is 5.25. The van der Waals surface area contributed by atoms with Crippen LogP contribution < -0.4 is 4.74 Å². The highest BCUT2D eigenvalue weighted by molar-refractivity contribution is 5.29. The van der Waals surface area contributed by atoms with E-state index in [4.69, 9.17) is 9.26 Å². The zero-order valence-corrected chi connectivity index (χ0v) is 11.4. The standard InChI is InChI=1S/C15H19NO2/c1-10(2)13-5-7-14(8-6-13)17-9-15-11(3)16-18-12(15)4/h5-8,10H,9H2,1-4H3. The van der Waals surface area contributed by atoms with E-state index in [0.29, 0.717) is 12.5 Å². The molecule has 96 valence electrons. The van der Waals surface area contributed by atoms with Crippen LogP contribution in [0.4, 0.5) is 0 Å². The molecule has 0 aliphatic carbocycles. The maximum Gasteiger partial charge on any atom is 0.140 e. The summed E-state index contributed by atoms with van der Waals surface area (Å²) in [5.41, 5.74) is 3.24. The van der Waals surface area contributed by atoms with Gasteiger partial charge in [-0.05, 0) is 37.5 Å². The molecule has 0 aliphatic heterocycles. The third kappa shape index (κ3) is 2.73. The molecular weight excluding hydrogens is 226 g/mol. The van der Waals surface area contributed by atoms with Crippen molar-refractivity contribution in [1.29, 1.82) is 0 Å². The molecule has 0 saturated carbocycles. The molecule has 0 bridgehead atoms. The zero-order chi connectivity index (χ0) is 13.1. The Morgan fingerprint density at radius 3 is 2.33 bits per heavy atom. The molecule has 1 heterocycles. The van der Waals surface area contributed by atoms with E-state index < -0.39 is 0 Å². The average Bonchev–Trinajstić information content (AvgIpc) is 2.67. The minimum atomic E-state index is 0.502. The van der Waals surface area contributed by atoms with Crippen LogP contribution in [-0.2, 0) is 6.61 Å². The van der Waals surface area contributed by atoms with Gasteiger partial charge in [-0.3, -0.25) is 0 Å². The van der Waals surface area contributed by atoms with Gasteiger partial charge < -0.3 is 9.26 Å². The molecule has 0 saturated heterocycles. The summed E-state index contributed by atoms with van der Waals surface area (Å²) in [5.74, 6) is 2.24. The molecule has 2 rings (SSSR count). The van der Waals surface area contributed by atoms with Gasteiger partial charge in [0.1, 0.15) is 18.1 Å². The largest absolute Gasteiger partial charge is 0.489 e. The molecule has 0 radical (unpaired) electrons. The number of hydrogen-bond donors (Lipinski definition) is 0. The van der Waals surface area contributed by atoms with Crippen molar-refractivity contribution in [2.45, 2.75) is 40.2 Å². The molecule has 3 nitrogen and oxygen atoms in total. The normalized spacial score (nSPS) is 10.9. The quantitative estimate of drug-likeness (QED) is 0.816. The highest BCUT2D eigenvalue weighted by atomic mass is 16.5. The predicted molar refractivity (Wildman–Crippen MR) is 70.8 cm³/mol. The Labute approximate surface area is 108 Å².